The maximum absolute atomic E-state index is 11.6. The van der Waals surface area contributed by atoms with Crippen molar-refractivity contribution in [1.29, 1.82) is 0 Å². The smallest absolute Gasteiger partial charge is 0.407 e. The third-order valence-electron chi connectivity index (χ3n) is 4.31. The fraction of sp³-hybridized carbons (Fsp3) is 0.333. The first-order chi connectivity index (χ1) is 12.3. The SMILES string of the molecule is O=C(O)N1CCN(c2c([N+](=O)[O-])cnc3cc(Cl)c(I)cc23)[C@H](CO)C1. The van der Waals surface area contributed by atoms with Gasteiger partial charge >= 0.3 is 11.8 Å². The molecule has 1 aliphatic rings. The molecule has 1 saturated heterocycles. The number of piperazine rings is 1. The standard InChI is InChI=1S/C15H14ClIN4O5/c16-10-4-12-9(3-11(10)17)14(13(5-18-12)21(25)26)20-2-1-19(15(23)24)6-8(20)7-22/h3-5,8,22H,1-2,6-7H2,(H,23,24)/t8-/m0/s1. The Morgan fingerprint density at radius 1 is 1.46 bits per heavy atom. The zero-order valence-corrected chi connectivity index (χ0v) is 16.2. The molecule has 9 nitrogen and oxygen atoms in total. The van der Waals surface area contributed by atoms with Crippen molar-refractivity contribution in [2.24, 2.45) is 0 Å². The van der Waals surface area contributed by atoms with Gasteiger partial charge in [-0.25, -0.2) is 9.78 Å². The van der Waals surface area contributed by atoms with Crippen LogP contribution in [-0.4, -0.2) is 63.4 Å². The summed E-state index contributed by atoms with van der Waals surface area (Å²) in [6.45, 7) is 0.112. The van der Waals surface area contributed by atoms with Gasteiger partial charge in [0.25, 0.3) is 0 Å². The lowest BCUT2D eigenvalue weighted by Gasteiger charge is -2.40. The number of carboxylic acid groups (broad SMARTS) is 1. The van der Waals surface area contributed by atoms with E-state index in [4.69, 9.17) is 11.6 Å². The molecule has 2 aromatic rings. The summed E-state index contributed by atoms with van der Waals surface area (Å²) >= 11 is 8.16. The minimum absolute atomic E-state index is 0.0531. The number of hydrogen-bond donors (Lipinski definition) is 2. The molecule has 1 atom stereocenters. The number of benzene rings is 1. The largest absolute Gasteiger partial charge is 0.465 e. The van der Waals surface area contributed by atoms with Crippen molar-refractivity contribution < 1.29 is 19.9 Å². The summed E-state index contributed by atoms with van der Waals surface area (Å²) in [6, 6.07) is 2.75. The molecule has 1 aromatic carbocycles. The minimum Gasteiger partial charge on any atom is -0.465 e. The van der Waals surface area contributed by atoms with Gasteiger partial charge in [-0.3, -0.25) is 10.1 Å². The lowest BCUT2D eigenvalue weighted by atomic mass is 10.1. The second-order valence-corrected chi connectivity index (χ2v) is 7.36. The second kappa shape index (κ2) is 7.37. The molecule has 0 saturated carbocycles. The van der Waals surface area contributed by atoms with Crippen LogP contribution in [0.4, 0.5) is 16.2 Å². The summed E-state index contributed by atoms with van der Waals surface area (Å²) in [5, 5.41) is 31.5. The number of rotatable bonds is 3. The summed E-state index contributed by atoms with van der Waals surface area (Å²) in [4.78, 5) is 29.3. The highest BCUT2D eigenvalue weighted by atomic mass is 127. The van der Waals surface area contributed by atoms with E-state index >= 15 is 0 Å². The van der Waals surface area contributed by atoms with Gasteiger partial charge in [0.05, 0.1) is 28.1 Å². The summed E-state index contributed by atoms with van der Waals surface area (Å²) < 4.78 is 0.713. The van der Waals surface area contributed by atoms with E-state index in [-0.39, 0.29) is 31.9 Å². The molecule has 0 bridgehead atoms. The normalized spacial score (nSPS) is 17.6. The van der Waals surface area contributed by atoms with Gasteiger partial charge in [-0.05, 0) is 34.7 Å². The van der Waals surface area contributed by atoms with Crippen LogP contribution in [0, 0.1) is 13.7 Å². The number of pyridine rings is 1. The van der Waals surface area contributed by atoms with Crippen LogP contribution in [-0.2, 0) is 0 Å². The van der Waals surface area contributed by atoms with Gasteiger partial charge < -0.3 is 20.0 Å². The van der Waals surface area contributed by atoms with Crippen molar-refractivity contribution in [1.82, 2.24) is 9.88 Å². The molecule has 0 unspecified atom stereocenters. The number of aliphatic hydroxyl groups is 1. The Hall–Kier alpha value is -1.92. The number of anilines is 1. The average Bonchev–Trinajstić information content (AvgIpc) is 2.61. The highest BCUT2D eigenvalue weighted by Gasteiger charge is 2.34. The van der Waals surface area contributed by atoms with E-state index in [0.717, 1.165) is 0 Å². The zero-order valence-electron chi connectivity index (χ0n) is 13.3. The number of nitro groups is 1. The van der Waals surface area contributed by atoms with Crippen molar-refractivity contribution in [3.8, 4) is 0 Å². The van der Waals surface area contributed by atoms with Gasteiger partial charge in [-0.15, -0.1) is 0 Å². The molecule has 0 spiro atoms. The lowest BCUT2D eigenvalue weighted by Crippen LogP contribution is -2.56. The first-order valence-electron chi connectivity index (χ1n) is 7.61. The number of nitrogens with zero attached hydrogens (tertiary/aromatic N) is 4. The number of hydrogen-bond acceptors (Lipinski definition) is 6. The molecule has 138 valence electrons. The number of amides is 1. The van der Waals surface area contributed by atoms with Gasteiger partial charge in [0.2, 0.25) is 0 Å². The molecule has 0 aliphatic carbocycles. The zero-order chi connectivity index (χ0) is 19.0. The van der Waals surface area contributed by atoms with Gasteiger partial charge in [0.15, 0.2) is 0 Å². The summed E-state index contributed by atoms with van der Waals surface area (Å²) in [5.41, 5.74) is 0.616. The molecule has 2 N–H and O–H groups in total. The highest BCUT2D eigenvalue weighted by Crippen LogP contribution is 2.39. The van der Waals surface area contributed by atoms with E-state index in [1.807, 2.05) is 22.6 Å². The Kier molecular flexibility index (Phi) is 5.34. The molecular formula is C15H14ClIN4O5. The number of halogens is 2. The van der Waals surface area contributed by atoms with Gasteiger partial charge in [-0.1, -0.05) is 11.6 Å². The van der Waals surface area contributed by atoms with E-state index in [2.05, 4.69) is 4.98 Å². The number of aromatic nitrogens is 1. The van der Waals surface area contributed by atoms with Crippen LogP contribution in [0.15, 0.2) is 18.3 Å². The molecule has 1 aromatic heterocycles. The molecule has 11 heteroatoms. The fourth-order valence-electron chi connectivity index (χ4n) is 3.08. The van der Waals surface area contributed by atoms with Crippen LogP contribution in [0.5, 0.6) is 0 Å². The first kappa shape index (κ1) is 18.9. The molecule has 1 amide bonds. The first-order valence-corrected chi connectivity index (χ1v) is 9.06. The Morgan fingerprint density at radius 3 is 2.81 bits per heavy atom. The maximum Gasteiger partial charge on any atom is 0.407 e. The topological polar surface area (TPSA) is 120 Å². The van der Waals surface area contributed by atoms with Crippen molar-refractivity contribution in [3.05, 3.63) is 37.0 Å². The molecule has 0 radical (unpaired) electrons. The average molecular weight is 493 g/mol. The predicted molar refractivity (Wildman–Crippen MR) is 104 cm³/mol. The van der Waals surface area contributed by atoms with Crippen LogP contribution in [0.3, 0.4) is 0 Å². The molecule has 26 heavy (non-hydrogen) atoms. The van der Waals surface area contributed by atoms with E-state index in [0.29, 0.717) is 25.2 Å². The molecular weight excluding hydrogens is 479 g/mol. The third kappa shape index (κ3) is 3.35. The third-order valence-corrected chi connectivity index (χ3v) is 5.83. The van der Waals surface area contributed by atoms with Crippen molar-refractivity contribution in [3.63, 3.8) is 0 Å². The monoisotopic (exact) mass is 492 g/mol. The van der Waals surface area contributed by atoms with Crippen LogP contribution in [0.25, 0.3) is 10.9 Å². The quantitative estimate of drug-likeness (QED) is 0.384. The Labute approximate surface area is 166 Å². The Bertz CT molecular complexity index is 896. The minimum atomic E-state index is -1.08. The van der Waals surface area contributed by atoms with Crippen molar-refractivity contribution in [2.45, 2.75) is 6.04 Å². The second-order valence-electron chi connectivity index (χ2n) is 5.79. The van der Waals surface area contributed by atoms with Crippen LogP contribution in [0.1, 0.15) is 0 Å². The van der Waals surface area contributed by atoms with Gasteiger partial charge in [0.1, 0.15) is 11.9 Å². The number of aliphatic hydroxyl groups excluding tert-OH is 1. The van der Waals surface area contributed by atoms with Gasteiger partial charge in [0, 0.05) is 28.6 Å². The summed E-state index contributed by atoms with van der Waals surface area (Å²) in [6.07, 6.45) is 0.0808. The van der Waals surface area contributed by atoms with Gasteiger partial charge in [-0.2, -0.15) is 0 Å². The fourth-order valence-corrected chi connectivity index (χ4v) is 3.70. The Balaban J connectivity index is 2.18. The van der Waals surface area contributed by atoms with Crippen molar-refractivity contribution in [2.75, 3.05) is 31.1 Å². The molecule has 1 aliphatic heterocycles. The van der Waals surface area contributed by atoms with E-state index in [1.54, 1.807) is 17.0 Å². The molecule has 2 heterocycles. The van der Waals surface area contributed by atoms with E-state index in [1.165, 1.54) is 11.1 Å². The molecule has 3 rings (SSSR count). The molecule has 1 fully saturated rings. The lowest BCUT2D eigenvalue weighted by molar-refractivity contribution is -0.384. The summed E-state index contributed by atoms with van der Waals surface area (Å²) in [5.74, 6) is 0. The van der Waals surface area contributed by atoms with Crippen LogP contribution < -0.4 is 4.90 Å². The number of carbonyl (C=O) groups is 1. The Morgan fingerprint density at radius 2 is 2.19 bits per heavy atom. The van der Waals surface area contributed by atoms with Crippen molar-refractivity contribution >= 4 is 62.6 Å². The van der Waals surface area contributed by atoms with Crippen LogP contribution >= 0.6 is 34.2 Å². The number of fused-ring (bicyclic) bond motifs is 1. The summed E-state index contributed by atoms with van der Waals surface area (Å²) in [7, 11) is 0. The van der Waals surface area contributed by atoms with E-state index in [9.17, 15) is 25.1 Å². The highest BCUT2D eigenvalue weighted by molar-refractivity contribution is 14.1. The predicted octanol–water partition coefficient (Wildman–Crippen LogP) is 2.56. The maximum atomic E-state index is 11.6. The van der Waals surface area contributed by atoms with E-state index < -0.39 is 17.1 Å². The van der Waals surface area contributed by atoms with Crippen LogP contribution in [0.2, 0.25) is 5.02 Å².